The lowest BCUT2D eigenvalue weighted by molar-refractivity contribution is 0.628. The minimum absolute atomic E-state index is 0.0248. The zero-order valence-electron chi connectivity index (χ0n) is 16.9. The summed E-state index contributed by atoms with van der Waals surface area (Å²) in [5, 5.41) is 0.0248. The van der Waals surface area contributed by atoms with E-state index in [1.165, 1.54) is 12.1 Å². The normalized spacial score (nSPS) is 10.8. The van der Waals surface area contributed by atoms with E-state index < -0.39 is 5.82 Å². The first-order valence-electron chi connectivity index (χ1n) is 10.1. The smallest absolute Gasteiger partial charge is 0.164 e. The van der Waals surface area contributed by atoms with E-state index in [4.69, 9.17) is 21.6 Å². The van der Waals surface area contributed by atoms with Crippen LogP contribution in [0.1, 0.15) is 0 Å². The van der Waals surface area contributed by atoms with Crippen LogP contribution in [0.15, 0.2) is 103 Å². The molecule has 32 heavy (non-hydrogen) atoms. The fourth-order valence-corrected chi connectivity index (χ4v) is 3.63. The van der Waals surface area contributed by atoms with Crippen molar-refractivity contribution < 1.29 is 4.39 Å². The molecule has 1 heterocycles. The van der Waals surface area contributed by atoms with Crippen LogP contribution in [-0.2, 0) is 0 Å². The second-order valence-corrected chi connectivity index (χ2v) is 7.66. The summed E-state index contributed by atoms with van der Waals surface area (Å²) in [5.41, 5.74) is 4.52. The van der Waals surface area contributed by atoms with Crippen LogP contribution < -0.4 is 0 Å². The van der Waals surface area contributed by atoms with E-state index in [0.717, 1.165) is 22.3 Å². The van der Waals surface area contributed by atoms with Crippen molar-refractivity contribution in [2.24, 2.45) is 0 Å². The van der Waals surface area contributed by atoms with Crippen molar-refractivity contribution in [2.75, 3.05) is 0 Å². The van der Waals surface area contributed by atoms with Gasteiger partial charge in [0.15, 0.2) is 17.5 Å². The van der Waals surface area contributed by atoms with Gasteiger partial charge in [0, 0.05) is 16.7 Å². The lowest BCUT2D eigenvalue weighted by atomic mass is 10.0. The average Bonchev–Trinajstić information content (AvgIpc) is 2.86. The summed E-state index contributed by atoms with van der Waals surface area (Å²) in [4.78, 5) is 14.1. The Bertz CT molecular complexity index is 1390. The Labute approximate surface area is 190 Å². The van der Waals surface area contributed by atoms with Crippen LogP contribution in [0.3, 0.4) is 0 Å². The van der Waals surface area contributed by atoms with E-state index in [0.29, 0.717) is 23.0 Å². The molecule has 0 saturated heterocycles. The summed E-state index contributed by atoms with van der Waals surface area (Å²) in [6, 6.07) is 32.4. The van der Waals surface area contributed by atoms with E-state index in [2.05, 4.69) is 29.2 Å². The topological polar surface area (TPSA) is 38.7 Å². The summed E-state index contributed by atoms with van der Waals surface area (Å²) < 4.78 is 13.7. The van der Waals surface area contributed by atoms with Gasteiger partial charge < -0.3 is 0 Å². The van der Waals surface area contributed by atoms with Crippen LogP contribution in [0.2, 0.25) is 5.02 Å². The Kier molecular flexibility index (Phi) is 5.44. The van der Waals surface area contributed by atoms with Gasteiger partial charge in [-0.1, -0.05) is 90.5 Å². The van der Waals surface area contributed by atoms with Crippen LogP contribution in [0.4, 0.5) is 4.39 Å². The van der Waals surface area contributed by atoms with Crippen molar-refractivity contribution in [3.8, 4) is 45.3 Å². The predicted octanol–water partition coefficient (Wildman–Crippen LogP) is 7.33. The zero-order chi connectivity index (χ0) is 21.9. The zero-order valence-corrected chi connectivity index (χ0v) is 17.7. The molecule has 154 valence electrons. The molecule has 0 unspecified atom stereocenters. The molecule has 0 saturated carbocycles. The van der Waals surface area contributed by atoms with Gasteiger partial charge in [-0.3, -0.25) is 0 Å². The van der Waals surface area contributed by atoms with Crippen LogP contribution in [-0.4, -0.2) is 15.0 Å². The summed E-state index contributed by atoms with van der Waals surface area (Å²) >= 11 is 6.02. The average molecular weight is 438 g/mol. The van der Waals surface area contributed by atoms with Gasteiger partial charge in [-0.05, 0) is 35.4 Å². The van der Waals surface area contributed by atoms with Crippen molar-refractivity contribution in [2.45, 2.75) is 0 Å². The van der Waals surface area contributed by atoms with E-state index in [1.54, 1.807) is 6.07 Å². The van der Waals surface area contributed by atoms with Gasteiger partial charge in [0.25, 0.3) is 0 Å². The Hall–Kier alpha value is -3.89. The number of halogens is 2. The van der Waals surface area contributed by atoms with E-state index in [-0.39, 0.29) is 5.02 Å². The fraction of sp³-hybridized carbons (Fsp3) is 0. The molecule has 1 aromatic heterocycles. The first-order valence-corrected chi connectivity index (χ1v) is 10.5. The highest BCUT2D eigenvalue weighted by Crippen LogP contribution is 2.29. The molecule has 0 aliphatic heterocycles. The van der Waals surface area contributed by atoms with Crippen LogP contribution >= 0.6 is 11.6 Å². The maximum Gasteiger partial charge on any atom is 0.164 e. The summed E-state index contributed by atoms with van der Waals surface area (Å²) in [7, 11) is 0. The van der Waals surface area contributed by atoms with Gasteiger partial charge in [-0.25, -0.2) is 19.3 Å². The Morgan fingerprint density at radius 1 is 0.469 bits per heavy atom. The maximum absolute atomic E-state index is 13.7. The third-order valence-corrected chi connectivity index (χ3v) is 5.36. The molecule has 4 aromatic carbocycles. The first kappa shape index (κ1) is 20.0. The second kappa shape index (κ2) is 8.69. The number of hydrogen-bond acceptors (Lipinski definition) is 3. The lowest BCUT2D eigenvalue weighted by Gasteiger charge is -2.10. The van der Waals surface area contributed by atoms with Crippen LogP contribution in [0, 0.1) is 5.82 Å². The molecule has 0 aliphatic carbocycles. The van der Waals surface area contributed by atoms with E-state index in [9.17, 15) is 4.39 Å². The Morgan fingerprint density at radius 3 is 1.59 bits per heavy atom. The van der Waals surface area contributed by atoms with E-state index in [1.807, 2.05) is 60.7 Å². The van der Waals surface area contributed by atoms with Crippen LogP contribution in [0.25, 0.3) is 45.3 Å². The third-order valence-electron chi connectivity index (χ3n) is 5.07. The molecule has 5 heteroatoms. The quantitative estimate of drug-likeness (QED) is 0.295. The Morgan fingerprint density at radius 2 is 0.969 bits per heavy atom. The first-order chi connectivity index (χ1) is 15.7. The van der Waals surface area contributed by atoms with Gasteiger partial charge >= 0.3 is 0 Å². The summed E-state index contributed by atoms with van der Waals surface area (Å²) in [6.07, 6.45) is 0. The number of nitrogens with zero attached hydrogens (tertiary/aromatic N) is 3. The van der Waals surface area contributed by atoms with Gasteiger partial charge in [-0.2, -0.15) is 0 Å². The van der Waals surface area contributed by atoms with Crippen molar-refractivity contribution in [3.63, 3.8) is 0 Å². The molecule has 0 atom stereocenters. The Balaban J connectivity index is 1.67. The highest BCUT2D eigenvalue weighted by molar-refractivity contribution is 6.31. The van der Waals surface area contributed by atoms with Gasteiger partial charge in [-0.15, -0.1) is 0 Å². The molecule has 0 spiro atoms. The molecular formula is C27H17ClFN3. The maximum atomic E-state index is 13.7. The third kappa shape index (κ3) is 4.13. The highest BCUT2D eigenvalue weighted by atomic mass is 35.5. The standard InChI is InChI=1S/C27H17ClFN3/c28-23-17-22(14-15-24(23)29)27-31-25(19-10-5-2-6-11-19)30-26(32-27)21-13-7-12-20(16-21)18-8-3-1-4-9-18/h1-17H. The van der Waals surface area contributed by atoms with Crippen molar-refractivity contribution >= 4 is 11.6 Å². The second-order valence-electron chi connectivity index (χ2n) is 7.25. The minimum atomic E-state index is -0.483. The molecule has 5 rings (SSSR count). The number of benzene rings is 4. The largest absolute Gasteiger partial charge is 0.208 e. The molecule has 0 radical (unpaired) electrons. The van der Waals surface area contributed by atoms with Crippen molar-refractivity contribution in [1.82, 2.24) is 15.0 Å². The number of hydrogen-bond donors (Lipinski definition) is 0. The lowest BCUT2D eigenvalue weighted by Crippen LogP contribution is -2.00. The SMILES string of the molecule is Fc1ccc(-c2nc(-c3ccccc3)nc(-c3cccc(-c4ccccc4)c3)n2)cc1Cl. The minimum Gasteiger partial charge on any atom is -0.208 e. The monoisotopic (exact) mass is 437 g/mol. The predicted molar refractivity (Wildman–Crippen MR) is 127 cm³/mol. The van der Waals surface area contributed by atoms with Gasteiger partial charge in [0.2, 0.25) is 0 Å². The fourth-order valence-electron chi connectivity index (χ4n) is 3.45. The molecule has 5 aromatic rings. The summed E-state index contributed by atoms with van der Waals surface area (Å²) in [5.74, 6) is 1.02. The summed E-state index contributed by atoms with van der Waals surface area (Å²) in [6.45, 7) is 0. The molecular weight excluding hydrogens is 421 g/mol. The van der Waals surface area contributed by atoms with Crippen molar-refractivity contribution in [3.05, 3.63) is 114 Å². The number of rotatable bonds is 4. The molecule has 0 N–H and O–H groups in total. The van der Waals surface area contributed by atoms with Gasteiger partial charge in [0.05, 0.1) is 5.02 Å². The van der Waals surface area contributed by atoms with E-state index >= 15 is 0 Å². The molecule has 0 bridgehead atoms. The van der Waals surface area contributed by atoms with Gasteiger partial charge in [0.1, 0.15) is 5.82 Å². The molecule has 0 aliphatic rings. The van der Waals surface area contributed by atoms with Crippen LogP contribution in [0.5, 0.6) is 0 Å². The number of aromatic nitrogens is 3. The molecule has 0 fully saturated rings. The highest BCUT2D eigenvalue weighted by Gasteiger charge is 2.14. The molecule has 0 amide bonds. The molecule has 3 nitrogen and oxygen atoms in total. The van der Waals surface area contributed by atoms with Crippen molar-refractivity contribution in [1.29, 1.82) is 0 Å².